The van der Waals surface area contributed by atoms with Crippen molar-refractivity contribution < 1.29 is 14.7 Å². The maximum atomic E-state index is 12.2. The minimum atomic E-state index is -1.29. The summed E-state index contributed by atoms with van der Waals surface area (Å²) < 4.78 is 0. The van der Waals surface area contributed by atoms with Gasteiger partial charge in [-0.1, -0.05) is 0 Å². The molecule has 1 fully saturated rings. The maximum Gasteiger partial charge on any atom is 0.333 e. The van der Waals surface area contributed by atoms with Crippen molar-refractivity contribution in [2.24, 2.45) is 4.99 Å². The number of nitrogens with one attached hydrogen (secondary N) is 1. The van der Waals surface area contributed by atoms with Gasteiger partial charge >= 0.3 is 5.97 Å². The highest BCUT2D eigenvalue weighted by Gasteiger charge is 2.22. The molecule has 8 heteroatoms. The Morgan fingerprint density at radius 2 is 1.90 bits per heavy atom. The number of amides is 1. The van der Waals surface area contributed by atoms with Gasteiger partial charge in [0.25, 0.3) is 11.5 Å². The molecule has 0 spiro atoms. The first-order chi connectivity index (χ1) is 10.1. The molecule has 21 heavy (non-hydrogen) atoms. The Hall–Kier alpha value is -2.51. The number of aromatic amines is 1. The topological polar surface area (TPSA) is 116 Å². The van der Waals surface area contributed by atoms with Crippen LogP contribution in [0.2, 0.25) is 0 Å². The fraction of sp³-hybridized carbons (Fsp3) is 0.462. The second kappa shape index (κ2) is 5.12. The highest BCUT2D eigenvalue weighted by molar-refractivity contribution is 6.13. The molecule has 0 atom stereocenters. The van der Waals surface area contributed by atoms with E-state index in [0.717, 1.165) is 32.4 Å². The molecule has 0 saturated carbocycles. The Morgan fingerprint density at radius 1 is 1.19 bits per heavy atom. The van der Waals surface area contributed by atoms with E-state index in [9.17, 15) is 14.4 Å². The minimum Gasteiger partial charge on any atom is -0.478 e. The van der Waals surface area contributed by atoms with E-state index in [4.69, 9.17) is 5.11 Å². The number of carboxylic acid groups (broad SMARTS) is 1. The Kier molecular flexibility index (Phi) is 3.28. The van der Waals surface area contributed by atoms with Gasteiger partial charge in [0, 0.05) is 13.1 Å². The van der Waals surface area contributed by atoms with Crippen LogP contribution in [0.15, 0.2) is 9.79 Å². The summed E-state index contributed by atoms with van der Waals surface area (Å²) >= 11 is 0. The van der Waals surface area contributed by atoms with Crippen LogP contribution in [0.3, 0.4) is 0 Å². The zero-order valence-electron chi connectivity index (χ0n) is 11.3. The standard InChI is InChI=1S/C13H14N4O4/c18-8-6-7(12(20)21)9-10(14-8)15-13(16-11(9)19)17-4-2-1-3-5-17/h1-6H2,(H,20,21)(H,14,15,16,18,19). The fourth-order valence-corrected chi connectivity index (χ4v) is 2.64. The van der Waals surface area contributed by atoms with Crippen molar-refractivity contribution in [3.63, 3.8) is 0 Å². The lowest BCUT2D eigenvalue weighted by atomic mass is 10.1. The summed E-state index contributed by atoms with van der Waals surface area (Å²) in [4.78, 5) is 47.3. The van der Waals surface area contributed by atoms with Crippen LogP contribution >= 0.6 is 0 Å². The predicted octanol–water partition coefficient (Wildman–Crippen LogP) is -1.45. The summed E-state index contributed by atoms with van der Waals surface area (Å²) in [6.07, 6.45) is 2.76. The van der Waals surface area contributed by atoms with E-state index >= 15 is 0 Å². The molecule has 110 valence electrons. The van der Waals surface area contributed by atoms with Crippen molar-refractivity contribution in [3.8, 4) is 0 Å². The first kappa shape index (κ1) is 13.5. The van der Waals surface area contributed by atoms with Gasteiger partial charge in [0.15, 0.2) is 5.49 Å². The summed E-state index contributed by atoms with van der Waals surface area (Å²) in [5.74, 6) is -1.54. The second-order valence-electron chi connectivity index (χ2n) is 5.10. The number of fused-ring (bicyclic) bond motifs is 1. The average Bonchev–Trinajstić information content (AvgIpc) is 2.46. The Labute approximate surface area is 118 Å². The van der Waals surface area contributed by atoms with Crippen molar-refractivity contribution in [1.82, 2.24) is 9.97 Å². The number of anilines is 1. The first-order valence-corrected chi connectivity index (χ1v) is 6.79. The van der Waals surface area contributed by atoms with Gasteiger partial charge < -0.3 is 10.0 Å². The van der Waals surface area contributed by atoms with Crippen LogP contribution in [0.4, 0.5) is 5.95 Å². The average molecular weight is 290 g/mol. The maximum absolute atomic E-state index is 12.2. The van der Waals surface area contributed by atoms with E-state index in [1.165, 1.54) is 0 Å². The van der Waals surface area contributed by atoms with E-state index in [-0.39, 0.29) is 22.7 Å². The van der Waals surface area contributed by atoms with Gasteiger partial charge in [-0.3, -0.25) is 14.6 Å². The van der Waals surface area contributed by atoms with Gasteiger partial charge in [-0.25, -0.2) is 4.79 Å². The van der Waals surface area contributed by atoms with Crippen LogP contribution in [0.1, 0.15) is 25.7 Å². The number of carboxylic acids is 1. The lowest BCUT2D eigenvalue weighted by Crippen LogP contribution is -2.50. The molecule has 0 aliphatic carbocycles. The third kappa shape index (κ3) is 2.44. The third-order valence-electron chi connectivity index (χ3n) is 3.66. The van der Waals surface area contributed by atoms with Crippen molar-refractivity contribution in [2.75, 3.05) is 18.0 Å². The van der Waals surface area contributed by atoms with Crippen LogP contribution < -0.4 is 21.2 Å². The lowest BCUT2D eigenvalue weighted by Gasteiger charge is -2.26. The summed E-state index contributed by atoms with van der Waals surface area (Å²) in [6.45, 7) is 1.54. The summed E-state index contributed by atoms with van der Waals surface area (Å²) in [6, 6.07) is 0. The first-order valence-electron chi connectivity index (χ1n) is 6.79. The molecule has 0 unspecified atom stereocenters. The SMILES string of the molecule is O=C1CC(C(=O)O)=c2c(nc(N3CCCCC3)[nH]c2=O)=N1. The van der Waals surface area contributed by atoms with Crippen LogP contribution in [-0.4, -0.2) is 40.0 Å². The minimum absolute atomic E-state index is 0.0898. The number of piperidine rings is 1. The summed E-state index contributed by atoms with van der Waals surface area (Å²) in [7, 11) is 0. The molecule has 1 amide bonds. The molecule has 3 heterocycles. The Bertz CT molecular complexity index is 789. The number of nitrogens with zero attached hydrogens (tertiary/aromatic N) is 3. The van der Waals surface area contributed by atoms with Crippen LogP contribution in [0, 0.1) is 0 Å². The normalized spacial score (nSPS) is 18.2. The Morgan fingerprint density at radius 3 is 2.57 bits per heavy atom. The number of aromatic nitrogens is 2. The van der Waals surface area contributed by atoms with E-state index in [0.29, 0.717) is 5.95 Å². The monoisotopic (exact) mass is 290 g/mol. The lowest BCUT2D eigenvalue weighted by molar-refractivity contribution is -0.131. The van der Waals surface area contributed by atoms with Crippen molar-refractivity contribution in [1.29, 1.82) is 0 Å². The van der Waals surface area contributed by atoms with Gasteiger partial charge in [0.1, 0.15) is 0 Å². The molecule has 0 bridgehead atoms. The number of aliphatic carboxylic acids is 1. The molecule has 0 aromatic carbocycles. The molecular weight excluding hydrogens is 276 g/mol. The van der Waals surface area contributed by atoms with Crippen molar-refractivity contribution >= 4 is 23.4 Å². The van der Waals surface area contributed by atoms with Gasteiger partial charge in [-0.15, -0.1) is 0 Å². The molecule has 8 nitrogen and oxygen atoms in total. The zero-order valence-corrected chi connectivity index (χ0v) is 11.3. The molecular formula is C13H14N4O4. The molecule has 1 aromatic rings. The number of hydrogen-bond acceptors (Lipinski definition) is 5. The van der Waals surface area contributed by atoms with Gasteiger partial charge in [0.2, 0.25) is 5.95 Å². The van der Waals surface area contributed by atoms with E-state index in [2.05, 4.69) is 15.0 Å². The molecule has 0 radical (unpaired) electrons. The van der Waals surface area contributed by atoms with E-state index < -0.39 is 17.4 Å². The quantitative estimate of drug-likeness (QED) is 0.688. The smallest absolute Gasteiger partial charge is 0.333 e. The summed E-state index contributed by atoms with van der Waals surface area (Å²) in [5.41, 5.74) is -0.897. The molecule has 3 rings (SSSR count). The highest BCUT2D eigenvalue weighted by atomic mass is 16.4. The molecule has 1 saturated heterocycles. The van der Waals surface area contributed by atoms with Gasteiger partial charge in [-0.2, -0.15) is 9.98 Å². The Balaban J connectivity index is 2.22. The molecule has 1 aromatic heterocycles. The third-order valence-corrected chi connectivity index (χ3v) is 3.66. The number of carbonyl (C=O) groups is 2. The molecule has 2 aliphatic rings. The number of carbonyl (C=O) groups excluding carboxylic acids is 1. The molecule has 2 aliphatic heterocycles. The molecule has 2 N–H and O–H groups in total. The predicted molar refractivity (Wildman–Crippen MR) is 72.4 cm³/mol. The highest BCUT2D eigenvalue weighted by Crippen LogP contribution is 2.13. The number of H-pyrrole nitrogens is 1. The van der Waals surface area contributed by atoms with Gasteiger partial charge in [-0.05, 0) is 19.3 Å². The van der Waals surface area contributed by atoms with E-state index in [1.54, 1.807) is 0 Å². The fourth-order valence-electron chi connectivity index (χ4n) is 2.64. The van der Waals surface area contributed by atoms with Crippen molar-refractivity contribution in [2.45, 2.75) is 25.7 Å². The number of rotatable bonds is 2. The van der Waals surface area contributed by atoms with Crippen LogP contribution in [-0.2, 0) is 9.59 Å². The largest absolute Gasteiger partial charge is 0.478 e. The van der Waals surface area contributed by atoms with Crippen LogP contribution in [0.5, 0.6) is 0 Å². The van der Waals surface area contributed by atoms with E-state index in [1.807, 2.05) is 4.90 Å². The summed E-state index contributed by atoms with van der Waals surface area (Å²) in [5, 5.41) is 9.01. The van der Waals surface area contributed by atoms with Crippen LogP contribution in [0.25, 0.3) is 5.57 Å². The zero-order chi connectivity index (χ0) is 15.0. The number of hydrogen-bond donors (Lipinski definition) is 2. The second-order valence-corrected chi connectivity index (χ2v) is 5.10. The van der Waals surface area contributed by atoms with Crippen molar-refractivity contribution in [3.05, 3.63) is 21.1 Å². The van der Waals surface area contributed by atoms with Gasteiger partial charge in [0.05, 0.1) is 17.2 Å².